The quantitative estimate of drug-likeness (QED) is 0.938. The van der Waals surface area contributed by atoms with E-state index in [4.69, 9.17) is 0 Å². The number of aromatic nitrogens is 2. The van der Waals surface area contributed by atoms with E-state index in [0.717, 1.165) is 37.6 Å². The molecule has 124 valence electrons. The molecule has 1 aliphatic rings. The van der Waals surface area contributed by atoms with Gasteiger partial charge in [-0.1, -0.05) is 32.0 Å². The van der Waals surface area contributed by atoms with Crippen LogP contribution in [0.4, 0.5) is 0 Å². The lowest BCUT2D eigenvalue weighted by molar-refractivity contribution is 0.0729. The molecule has 0 aliphatic carbocycles. The van der Waals surface area contributed by atoms with E-state index in [-0.39, 0.29) is 18.3 Å². The molecular weight excluding hydrogens is 312 g/mol. The minimum atomic E-state index is 0. The van der Waals surface area contributed by atoms with E-state index >= 15 is 0 Å². The Morgan fingerprint density at radius 1 is 1.17 bits per heavy atom. The van der Waals surface area contributed by atoms with E-state index in [9.17, 15) is 4.79 Å². The van der Waals surface area contributed by atoms with E-state index in [1.165, 1.54) is 0 Å². The highest BCUT2D eigenvalue weighted by Crippen LogP contribution is 2.21. The first kappa shape index (κ1) is 17.5. The van der Waals surface area contributed by atoms with Crippen LogP contribution in [0.3, 0.4) is 0 Å². The summed E-state index contributed by atoms with van der Waals surface area (Å²) in [6.07, 6.45) is 0. The lowest BCUT2D eigenvalue weighted by Gasteiger charge is -2.26. The standard InChI is InChI=1S/C17H22N4O.ClH/c1-13(2)16-12-15(17(22)20-10-8-18-9-11-20)19-21(16)14-6-4-3-5-7-14;/h3-7,12-13,18H,8-11H2,1-2H3;1H. The van der Waals surface area contributed by atoms with Gasteiger partial charge in [0, 0.05) is 31.9 Å². The maximum atomic E-state index is 12.6. The summed E-state index contributed by atoms with van der Waals surface area (Å²) < 4.78 is 1.89. The third kappa shape index (κ3) is 3.74. The van der Waals surface area contributed by atoms with Crippen LogP contribution < -0.4 is 5.32 Å². The Kier molecular flexibility index (Phi) is 5.80. The van der Waals surface area contributed by atoms with Gasteiger partial charge in [0.15, 0.2) is 5.69 Å². The van der Waals surface area contributed by atoms with Crippen molar-refractivity contribution in [2.24, 2.45) is 0 Å². The first-order chi connectivity index (χ1) is 10.7. The van der Waals surface area contributed by atoms with Gasteiger partial charge in [-0.05, 0) is 24.1 Å². The number of benzene rings is 1. The first-order valence-electron chi connectivity index (χ1n) is 7.82. The molecule has 1 N–H and O–H groups in total. The number of rotatable bonds is 3. The smallest absolute Gasteiger partial charge is 0.274 e. The van der Waals surface area contributed by atoms with Crippen LogP contribution >= 0.6 is 12.4 Å². The molecular formula is C17H23ClN4O. The summed E-state index contributed by atoms with van der Waals surface area (Å²) in [6, 6.07) is 11.9. The zero-order chi connectivity index (χ0) is 15.5. The van der Waals surface area contributed by atoms with Crippen molar-refractivity contribution in [2.45, 2.75) is 19.8 Å². The third-order valence-electron chi connectivity index (χ3n) is 3.95. The minimum Gasteiger partial charge on any atom is -0.335 e. The molecule has 0 atom stereocenters. The van der Waals surface area contributed by atoms with Gasteiger partial charge in [-0.3, -0.25) is 4.79 Å². The normalized spacial score (nSPS) is 14.7. The Morgan fingerprint density at radius 3 is 2.43 bits per heavy atom. The monoisotopic (exact) mass is 334 g/mol. The van der Waals surface area contributed by atoms with Gasteiger partial charge >= 0.3 is 0 Å². The maximum absolute atomic E-state index is 12.6. The summed E-state index contributed by atoms with van der Waals surface area (Å²) in [6.45, 7) is 7.43. The second-order valence-corrected chi connectivity index (χ2v) is 5.90. The molecule has 2 aromatic rings. The van der Waals surface area contributed by atoms with E-state index < -0.39 is 0 Å². The molecule has 1 amide bonds. The van der Waals surface area contributed by atoms with Crippen molar-refractivity contribution < 1.29 is 4.79 Å². The van der Waals surface area contributed by atoms with Crippen molar-refractivity contribution in [3.05, 3.63) is 47.8 Å². The average Bonchev–Trinajstić information content (AvgIpc) is 3.01. The van der Waals surface area contributed by atoms with Crippen LogP contribution in [0.15, 0.2) is 36.4 Å². The fraction of sp³-hybridized carbons (Fsp3) is 0.412. The van der Waals surface area contributed by atoms with Crippen molar-refractivity contribution in [2.75, 3.05) is 26.2 Å². The van der Waals surface area contributed by atoms with Crippen LogP contribution in [0.2, 0.25) is 0 Å². The number of halogens is 1. The Balaban J connectivity index is 0.00000192. The number of hydrogen-bond donors (Lipinski definition) is 1. The molecule has 0 unspecified atom stereocenters. The Bertz CT molecular complexity index is 648. The molecule has 2 heterocycles. The molecule has 1 saturated heterocycles. The van der Waals surface area contributed by atoms with Gasteiger partial charge in [0.05, 0.1) is 5.69 Å². The lowest BCUT2D eigenvalue weighted by Crippen LogP contribution is -2.46. The van der Waals surface area contributed by atoms with Crippen molar-refractivity contribution in [3.8, 4) is 5.69 Å². The Labute approximate surface area is 143 Å². The van der Waals surface area contributed by atoms with E-state index in [1.54, 1.807) is 0 Å². The highest BCUT2D eigenvalue weighted by molar-refractivity contribution is 5.92. The number of piperazine rings is 1. The molecule has 0 radical (unpaired) electrons. The van der Waals surface area contributed by atoms with Gasteiger partial charge in [0.1, 0.15) is 0 Å². The molecule has 1 aromatic heterocycles. The lowest BCUT2D eigenvalue weighted by atomic mass is 10.1. The fourth-order valence-electron chi connectivity index (χ4n) is 2.72. The Morgan fingerprint density at radius 2 is 1.83 bits per heavy atom. The molecule has 23 heavy (non-hydrogen) atoms. The average molecular weight is 335 g/mol. The summed E-state index contributed by atoms with van der Waals surface area (Å²) in [7, 11) is 0. The first-order valence-corrected chi connectivity index (χ1v) is 7.82. The minimum absolute atomic E-state index is 0. The van der Waals surface area contributed by atoms with E-state index in [1.807, 2.05) is 46.0 Å². The predicted molar refractivity (Wildman–Crippen MR) is 93.7 cm³/mol. The zero-order valence-corrected chi connectivity index (χ0v) is 14.3. The fourth-order valence-corrected chi connectivity index (χ4v) is 2.72. The van der Waals surface area contributed by atoms with Crippen LogP contribution in [0.1, 0.15) is 35.9 Å². The van der Waals surface area contributed by atoms with Crippen molar-refractivity contribution in [3.63, 3.8) is 0 Å². The van der Waals surface area contributed by atoms with Crippen molar-refractivity contribution >= 4 is 18.3 Å². The largest absolute Gasteiger partial charge is 0.335 e. The van der Waals surface area contributed by atoms with Gasteiger partial charge < -0.3 is 10.2 Å². The number of nitrogens with zero attached hydrogens (tertiary/aromatic N) is 3. The van der Waals surface area contributed by atoms with Crippen molar-refractivity contribution in [1.29, 1.82) is 0 Å². The summed E-state index contributed by atoms with van der Waals surface area (Å²) in [5.74, 6) is 0.329. The van der Waals surface area contributed by atoms with Crippen molar-refractivity contribution in [1.82, 2.24) is 20.0 Å². The summed E-state index contributed by atoms with van der Waals surface area (Å²) in [4.78, 5) is 14.5. The molecule has 0 bridgehead atoms. The maximum Gasteiger partial charge on any atom is 0.274 e. The SMILES string of the molecule is CC(C)c1cc(C(=O)N2CCNCC2)nn1-c1ccccc1.Cl. The van der Waals surface area contributed by atoms with E-state index in [2.05, 4.69) is 24.3 Å². The van der Waals surface area contributed by atoms with Crippen LogP contribution in [-0.2, 0) is 0 Å². The summed E-state index contributed by atoms with van der Waals surface area (Å²) >= 11 is 0. The Hall–Kier alpha value is -1.85. The van der Waals surface area contributed by atoms with Crippen LogP contribution in [0, 0.1) is 0 Å². The van der Waals surface area contributed by atoms with E-state index in [0.29, 0.717) is 11.6 Å². The molecule has 0 spiro atoms. The molecule has 1 fully saturated rings. The number of nitrogens with one attached hydrogen (secondary N) is 1. The van der Waals surface area contributed by atoms with Gasteiger partial charge in [-0.25, -0.2) is 4.68 Å². The molecule has 1 aliphatic heterocycles. The summed E-state index contributed by atoms with van der Waals surface area (Å²) in [5.41, 5.74) is 2.59. The number of carbonyl (C=O) groups is 1. The number of carbonyl (C=O) groups excluding carboxylic acids is 1. The second kappa shape index (κ2) is 7.62. The summed E-state index contributed by atoms with van der Waals surface area (Å²) in [5, 5.41) is 7.84. The molecule has 0 saturated carbocycles. The van der Waals surface area contributed by atoms with Gasteiger partial charge in [-0.15, -0.1) is 12.4 Å². The second-order valence-electron chi connectivity index (χ2n) is 5.90. The van der Waals surface area contributed by atoms with Crippen LogP contribution in [-0.4, -0.2) is 46.8 Å². The third-order valence-corrected chi connectivity index (χ3v) is 3.95. The molecule has 3 rings (SSSR count). The zero-order valence-electron chi connectivity index (χ0n) is 13.5. The highest BCUT2D eigenvalue weighted by Gasteiger charge is 2.23. The number of amides is 1. The van der Waals surface area contributed by atoms with Gasteiger partial charge in [0.25, 0.3) is 5.91 Å². The highest BCUT2D eigenvalue weighted by atomic mass is 35.5. The number of hydrogen-bond acceptors (Lipinski definition) is 3. The molecule has 1 aromatic carbocycles. The van der Waals surface area contributed by atoms with Gasteiger partial charge in [0.2, 0.25) is 0 Å². The molecule has 6 heteroatoms. The van der Waals surface area contributed by atoms with Crippen LogP contribution in [0.25, 0.3) is 5.69 Å². The van der Waals surface area contributed by atoms with Gasteiger partial charge in [-0.2, -0.15) is 5.10 Å². The predicted octanol–water partition coefficient (Wildman–Crippen LogP) is 2.46. The topological polar surface area (TPSA) is 50.2 Å². The molecule has 5 nitrogen and oxygen atoms in total. The van der Waals surface area contributed by atoms with Crippen LogP contribution in [0.5, 0.6) is 0 Å². The number of para-hydroxylation sites is 1.